The molecule has 0 radical (unpaired) electrons. The number of carboxylic acid groups (broad SMARTS) is 1. The van der Waals surface area contributed by atoms with Crippen molar-refractivity contribution in [2.45, 2.75) is 26.3 Å². The predicted molar refractivity (Wildman–Crippen MR) is 116 cm³/mol. The van der Waals surface area contributed by atoms with Crippen LogP contribution in [0.4, 0.5) is 10.1 Å². The minimum Gasteiger partial charge on any atom is -0.496 e. The monoisotopic (exact) mass is 449 g/mol. The Kier molecular flexibility index (Phi) is 6.86. The molecule has 0 aromatic heterocycles. The number of ether oxygens (including phenoxy) is 1. The van der Waals surface area contributed by atoms with E-state index >= 15 is 0 Å². The van der Waals surface area contributed by atoms with E-state index in [2.05, 4.69) is 0 Å². The largest absolute Gasteiger partial charge is 0.496 e. The van der Waals surface area contributed by atoms with E-state index in [1.54, 1.807) is 29.2 Å². The van der Waals surface area contributed by atoms with Crippen LogP contribution in [0.2, 0.25) is 5.02 Å². The first-order chi connectivity index (χ1) is 14.7. The fourth-order valence-corrected chi connectivity index (χ4v) is 4.20. The number of halogens is 2. The van der Waals surface area contributed by atoms with Gasteiger partial charge in [-0.3, -0.25) is 9.59 Å². The number of aliphatic hydroxyl groups is 1. The lowest BCUT2D eigenvalue weighted by molar-refractivity contribution is -0.139. The van der Waals surface area contributed by atoms with Crippen molar-refractivity contribution in [3.05, 3.63) is 57.9 Å². The highest BCUT2D eigenvalue weighted by Gasteiger charge is 2.40. The van der Waals surface area contributed by atoms with Crippen molar-refractivity contribution >= 4 is 29.0 Å². The van der Waals surface area contributed by atoms with Gasteiger partial charge in [0.25, 0.3) is 0 Å². The SMILES string of the molecule is COc1cc2c(cc1Cc1cccc(Cl)c1F)C(=O)C(C(=O)O)CN2[C@H](CO)C(C)C. The van der Waals surface area contributed by atoms with Gasteiger partial charge >= 0.3 is 5.97 Å². The predicted octanol–water partition coefficient (Wildman–Crippen LogP) is 3.80. The van der Waals surface area contributed by atoms with Gasteiger partial charge in [0.2, 0.25) is 0 Å². The second-order valence-electron chi connectivity index (χ2n) is 7.97. The second kappa shape index (κ2) is 9.24. The van der Waals surface area contributed by atoms with Crippen molar-refractivity contribution in [2.75, 3.05) is 25.2 Å². The molecular weight excluding hydrogens is 425 g/mol. The van der Waals surface area contributed by atoms with Crippen molar-refractivity contribution < 1.29 is 28.9 Å². The molecule has 8 heteroatoms. The molecule has 1 aliphatic heterocycles. The van der Waals surface area contributed by atoms with Crippen molar-refractivity contribution in [2.24, 2.45) is 11.8 Å². The lowest BCUT2D eigenvalue weighted by Gasteiger charge is -2.41. The molecule has 1 unspecified atom stereocenters. The molecule has 0 amide bonds. The summed E-state index contributed by atoms with van der Waals surface area (Å²) >= 11 is 5.89. The molecule has 1 heterocycles. The molecule has 2 aromatic rings. The van der Waals surface area contributed by atoms with Gasteiger partial charge in [-0.15, -0.1) is 0 Å². The molecule has 31 heavy (non-hydrogen) atoms. The maximum atomic E-state index is 14.5. The van der Waals surface area contributed by atoms with Crippen molar-refractivity contribution in [1.29, 1.82) is 0 Å². The summed E-state index contributed by atoms with van der Waals surface area (Å²) in [6.07, 6.45) is 0.113. The molecule has 166 valence electrons. The number of benzene rings is 2. The van der Waals surface area contributed by atoms with Crippen molar-refractivity contribution in [3.63, 3.8) is 0 Å². The zero-order chi connectivity index (χ0) is 22.9. The van der Waals surface area contributed by atoms with Crippen LogP contribution < -0.4 is 9.64 Å². The number of hydrogen-bond acceptors (Lipinski definition) is 5. The zero-order valence-electron chi connectivity index (χ0n) is 17.6. The Bertz CT molecular complexity index is 1010. The first-order valence-corrected chi connectivity index (χ1v) is 10.4. The van der Waals surface area contributed by atoms with Crippen LogP contribution in [0.1, 0.15) is 35.3 Å². The Labute approximate surface area is 185 Å². The topological polar surface area (TPSA) is 87.1 Å². The highest BCUT2D eigenvalue weighted by molar-refractivity contribution is 6.30. The molecule has 0 bridgehead atoms. The number of methoxy groups -OCH3 is 1. The Morgan fingerprint density at radius 3 is 2.61 bits per heavy atom. The van der Waals surface area contributed by atoms with Gasteiger partial charge in [0.15, 0.2) is 5.78 Å². The first kappa shape index (κ1) is 23.0. The Morgan fingerprint density at radius 2 is 2.03 bits per heavy atom. The average Bonchev–Trinajstić information content (AvgIpc) is 2.72. The minimum absolute atomic E-state index is 0.00623. The van der Waals surface area contributed by atoms with E-state index in [1.807, 2.05) is 13.8 Å². The van der Waals surface area contributed by atoms with Gasteiger partial charge in [0.05, 0.1) is 30.5 Å². The molecule has 0 spiro atoms. The molecular formula is C23H25ClFNO5. The smallest absolute Gasteiger partial charge is 0.316 e. The summed E-state index contributed by atoms with van der Waals surface area (Å²) in [7, 11) is 1.47. The summed E-state index contributed by atoms with van der Waals surface area (Å²) in [5, 5.41) is 19.5. The van der Waals surface area contributed by atoms with E-state index in [-0.39, 0.29) is 42.1 Å². The first-order valence-electron chi connectivity index (χ1n) is 9.97. The highest BCUT2D eigenvalue weighted by Crippen LogP contribution is 2.38. The van der Waals surface area contributed by atoms with Crippen LogP contribution in [0.15, 0.2) is 30.3 Å². The number of carbonyl (C=O) groups excluding carboxylic acids is 1. The number of Topliss-reactive ketones (excluding diaryl/α,β-unsaturated/α-hetero) is 1. The van der Waals surface area contributed by atoms with Gasteiger partial charge in [-0.05, 0) is 29.2 Å². The standard InChI is InChI=1S/C23H25ClFNO5/c1-12(2)19(11-27)26-10-16(23(29)30)22(28)15-8-14(20(31-3)9-18(15)26)7-13-5-4-6-17(24)21(13)25/h4-6,8-9,12,16,19,27H,7,10-11H2,1-3H3,(H,29,30)/t16?,19-/m1/s1. The van der Waals surface area contributed by atoms with Crippen LogP contribution in [0, 0.1) is 17.7 Å². The minimum atomic E-state index is -1.26. The number of hydrogen-bond donors (Lipinski definition) is 2. The molecule has 2 aromatic carbocycles. The lowest BCUT2D eigenvalue weighted by Crippen LogP contribution is -2.50. The number of ketones is 1. The quantitative estimate of drug-likeness (QED) is 0.625. The van der Waals surface area contributed by atoms with Crippen LogP contribution in [0.3, 0.4) is 0 Å². The molecule has 0 saturated carbocycles. The number of anilines is 1. The molecule has 2 atom stereocenters. The lowest BCUT2D eigenvalue weighted by atomic mass is 9.86. The highest BCUT2D eigenvalue weighted by atomic mass is 35.5. The summed E-state index contributed by atoms with van der Waals surface area (Å²) in [6, 6.07) is 7.52. The number of nitrogens with zero attached hydrogens (tertiary/aromatic N) is 1. The van der Waals surface area contributed by atoms with Gasteiger partial charge in [0, 0.05) is 24.6 Å². The second-order valence-corrected chi connectivity index (χ2v) is 8.38. The summed E-state index contributed by atoms with van der Waals surface area (Å²) in [5.74, 6) is -3.12. The van der Waals surface area contributed by atoms with Crippen LogP contribution >= 0.6 is 11.6 Å². The third-order valence-corrected chi connectivity index (χ3v) is 6.03. The molecule has 0 aliphatic carbocycles. The fraction of sp³-hybridized carbons (Fsp3) is 0.391. The Balaban J connectivity index is 2.15. The summed E-state index contributed by atoms with van der Waals surface area (Å²) in [4.78, 5) is 26.5. The molecule has 6 nitrogen and oxygen atoms in total. The number of rotatable bonds is 7. The molecule has 0 saturated heterocycles. The van der Waals surface area contributed by atoms with E-state index in [9.17, 15) is 24.2 Å². The number of fused-ring (bicyclic) bond motifs is 1. The third-order valence-electron chi connectivity index (χ3n) is 5.74. The van der Waals surface area contributed by atoms with Gasteiger partial charge in [-0.1, -0.05) is 37.6 Å². The average molecular weight is 450 g/mol. The summed E-state index contributed by atoms with van der Waals surface area (Å²) in [6.45, 7) is 3.59. The summed E-state index contributed by atoms with van der Waals surface area (Å²) < 4.78 is 20.0. The summed E-state index contributed by atoms with van der Waals surface area (Å²) in [5.41, 5.74) is 1.58. The number of carbonyl (C=O) groups is 2. The Hall–Kier alpha value is -2.64. The van der Waals surface area contributed by atoms with E-state index in [0.29, 0.717) is 22.6 Å². The maximum Gasteiger partial charge on any atom is 0.316 e. The van der Waals surface area contributed by atoms with Crippen LogP contribution in [-0.4, -0.2) is 48.3 Å². The van der Waals surface area contributed by atoms with Gasteiger partial charge < -0.3 is 19.8 Å². The van der Waals surface area contributed by atoms with Gasteiger partial charge in [-0.2, -0.15) is 0 Å². The van der Waals surface area contributed by atoms with Gasteiger partial charge in [-0.25, -0.2) is 4.39 Å². The van der Waals surface area contributed by atoms with E-state index in [4.69, 9.17) is 16.3 Å². The number of aliphatic hydroxyl groups excluding tert-OH is 1. The molecule has 0 fully saturated rings. The Morgan fingerprint density at radius 1 is 1.32 bits per heavy atom. The number of aliphatic carboxylic acids is 1. The maximum absolute atomic E-state index is 14.5. The molecule has 2 N–H and O–H groups in total. The number of carboxylic acids is 1. The van der Waals surface area contributed by atoms with Crippen LogP contribution in [-0.2, 0) is 11.2 Å². The molecule has 1 aliphatic rings. The van der Waals surface area contributed by atoms with Crippen LogP contribution in [0.5, 0.6) is 5.75 Å². The normalized spacial score (nSPS) is 16.9. The van der Waals surface area contributed by atoms with Crippen LogP contribution in [0.25, 0.3) is 0 Å². The van der Waals surface area contributed by atoms with Gasteiger partial charge in [0.1, 0.15) is 17.5 Å². The fourth-order valence-electron chi connectivity index (χ4n) is 4.01. The van der Waals surface area contributed by atoms with E-state index in [1.165, 1.54) is 13.2 Å². The van der Waals surface area contributed by atoms with E-state index < -0.39 is 23.5 Å². The van der Waals surface area contributed by atoms with E-state index in [0.717, 1.165) is 0 Å². The third kappa shape index (κ3) is 4.38. The van der Waals surface area contributed by atoms with Crippen molar-refractivity contribution in [3.8, 4) is 5.75 Å². The zero-order valence-corrected chi connectivity index (χ0v) is 18.3. The van der Waals surface area contributed by atoms with Crippen molar-refractivity contribution in [1.82, 2.24) is 0 Å². The molecule has 3 rings (SSSR count).